The number of amides is 3. The molecule has 8 heteroatoms. The van der Waals surface area contributed by atoms with Crippen molar-refractivity contribution in [3.8, 4) is 0 Å². The lowest BCUT2D eigenvalue weighted by Gasteiger charge is -2.11. The molecule has 1 aromatic carbocycles. The molecule has 0 spiro atoms. The van der Waals surface area contributed by atoms with Crippen molar-refractivity contribution in [3.05, 3.63) is 45.3 Å². The zero-order valence-corrected chi connectivity index (χ0v) is 14.4. The highest BCUT2D eigenvalue weighted by atomic mass is 35.5. The molecule has 0 atom stereocenters. The lowest BCUT2D eigenvalue weighted by atomic mass is 10.1. The second kappa shape index (κ2) is 6.82. The number of thioether (sulfide) groups is 1. The Morgan fingerprint density at radius 1 is 1.26 bits per heavy atom. The first-order valence-corrected chi connectivity index (χ1v) is 9.25. The van der Waals surface area contributed by atoms with E-state index in [0.717, 1.165) is 28.4 Å². The first-order chi connectivity index (χ1) is 11.0. The van der Waals surface area contributed by atoms with E-state index < -0.39 is 11.9 Å². The minimum atomic E-state index is -0.507. The molecule has 1 aliphatic heterocycles. The van der Waals surface area contributed by atoms with E-state index >= 15 is 0 Å². The number of primary amides is 1. The van der Waals surface area contributed by atoms with E-state index in [4.69, 9.17) is 17.3 Å². The van der Waals surface area contributed by atoms with Gasteiger partial charge in [0.05, 0.1) is 5.56 Å². The van der Waals surface area contributed by atoms with E-state index in [1.807, 2.05) is 11.8 Å². The lowest BCUT2D eigenvalue weighted by molar-refractivity contribution is 0.100. The first kappa shape index (κ1) is 16.2. The topological polar surface area (TPSA) is 84.2 Å². The SMILES string of the molecule is NC(=O)c1c(NC(=O)Nc2cccc(Cl)c2)sc2c1CCSC2. The number of nitrogens with two attached hydrogens (primary N) is 1. The second-order valence-corrected chi connectivity index (χ2v) is 7.61. The van der Waals surface area contributed by atoms with E-state index in [1.54, 1.807) is 24.3 Å². The number of rotatable bonds is 3. The summed E-state index contributed by atoms with van der Waals surface area (Å²) in [5.41, 5.74) is 7.49. The van der Waals surface area contributed by atoms with Crippen molar-refractivity contribution in [2.75, 3.05) is 16.4 Å². The van der Waals surface area contributed by atoms with Crippen LogP contribution in [0.2, 0.25) is 5.02 Å². The summed E-state index contributed by atoms with van der Waals surface area (Å²) in [7, 11) is 0. The number of carbonyl (C=O) groups is 2. The third kappa shape index (κ3) is 3.63. The van der Waals surface area contributed by atoms with Crippen molar-refractivity contribution in [2.24, 2.45) is 5.73 Å². The monoisotopic (exact) mass is 367 g/mol. The maximum Gasteiger partial charge on any atom is 0.324 e. The summed E-state index contributed by atoms with van der Waals surface area (Å²) in [5.74, 6) is 1.29. The van der Waals surface area contributed by atoms with Crippen molar-refractivity contribution in [3.63, 3.8) is 0 Å². The van der Waals surface area contributed by atoms with Gasteiger partial charge in [0, 0.05) is 21.3 Å². The number of anilines is 2. The van der Waals surface area contributed by atoms with Gasteiger partial charge < -0.3 is 11.1 Å². The number of thiophene rings is 1. The van der Waals surface area contributed by atoms with Crippen LogP contribution in [0.5, 0.6) is 0 Å². The summed E-state index contributed by atoms with van der Waals surface area (Å²) in [6, 6.07) is 6.42. The van der Waals surface area contributed by atoms with Gasteiger partial charge in [-0.2, -0.15) is 11.8 Å². The Morgan fingerprint density at radius 3 is 2.83 bits per heavy atom. The number of hydrogen-bond acceptors (Lipinski definition) is 4. The standard InChI is InChI=1S/C15H14ClN3O2S2/c16-8-2-1-3-9(6-8)18-15(21)19-14-12(13(17)20)10-4-5-22-7-11(10)23-14/h1-3,6H,4-5,7H2,(H2,17,20)(H2,18,19,21). The fourth-order valence-corrected chi connectivity index (χ4v) is 4.98. The molecule has 0 radical (unpaired) electrons. The molecule has 23 heavy (non-hydrogen) atoms. The Kier molecular flexibility index (Phi) is 4.79. The van der Waals surface area contributed by atoms with Crippen LogP contribution in [0.4, 0.5) is 15.5 Å². The molecule has 1 aromatic heterocycles. The van der Waals surface area contributed by atoms with E-state index in [1.165, 1.54) is 11.3 Å². The van der Waals surface area contributed by atoms with Crippen LogP contribution < -0.4 is 16.4 Å². The largest absolute Gasteiger partial charge is 0.365 e. The molecule has 0 aliphatic carbocycles. The molecule has 2 aromatic rings. The maximum absolute atomic E-state index is 12.2. The van der Waals surface area contributed by atoms with Gasteiger partial charge in [-0.15, -0.1) is 11.3 Å². The van der Waals surface area contributed by atoms with E-state index in [9.17, 15) is 9.59 Å². The first-order valence-electron chi connectivity index (χ1n) is 6.90. The molecule has 0 saturated carbocycles. The van der Waals surface area contributed by atoms with Crippen molar-refractivity contribution >= 4 is 57.3 Å². The van der Waals surface area contributed by atoms with Crippen LogP contribution in [0.25, 0.3) is 0 Å². The van der Waals surface area contributed by atoms with Gasteiger partial charge in [-0.05, 0) is 35.9 Å². The molecular weight excluding hydrogens is 354 g/mol. The summed E-state index contributed by atoms with van der Waals surface area (Å²) in [4.78, 5) is 25.0. The molecule has 120 valence electrons. The van der Waals surface area contributed by atoms with Crippen LogP contribution in [0.1, 0.15) is 20.8 Å². The van der Waals surface area contributed by atoms with E-state index in [2.05, 4.69) is 10.6 Å². The third-order valence-corrected chi connectivity index (χ3v) is 5.93. The predicted octanol–water partition coefficient (Wildman–Crippen LogP) is 3.93. The van der Waals surface area contributed by atoms with Crippen LogP contribution in [0, 0.1) is 0 Å². The summed E-state index contributed by atoms with van der Waals surface area (Å²) < 4.78 is 0. The lowest BCUT2D eigenvalue weighted by Crippen LogP contribution is -2.22. The third-order valence-electron chi connectivity index (χ3n) is 3.38. The molecule has 4 N–H and O–H groups in total. The van der Waals surface area contributed by atoms with Crippen molar-refractivity contribution in [2.45, 2.75) is 12.2 Å². The zero-order valence-electron chi connectivity index (χ0n) is 12.0. The van der Waals surface area contributed by atoms with E-state index in [0.29, 0.717) is 21.3 Å². The minimum Gasteiger partial charge on any atom is -0.365 e. The molecule has 0 saturated heterocycles. The Bertz CT molecular complexity index is 776. The van der Waals surface area contributed by atoms with Crippen LogP contribution >= 0.6 is 34.7 Å². The number of fused-ring (bicyclic) bond motifs is 1. The van der Waals surface area contributed by atoms with Crippen LogP contribution in [0.3, 0.4) is 0 Å². The summed E-state index contributed by atoms with van der Waals surface area (Å²) in [6.07, 6.45) is 0.798. The second-order valence-electron chi connectivity index (χ2n) is 4.96. The number of urea groups is 1. The highest BCUT2D eigenvalue weighted by Gasteiger charge is 2.25. The van der Waals surface area contributed by atoms with Crippen molar-refractivity contribution in [1.29, 1.82) is 0 Å². The average Bonchev–Trinajstić information content (AvgIpc) is 2.84. The minimum absolute atomic E-state index is 0.430. The highest BCUT2D eigenvalue weighted by molar-refractivity contribution is 7.98. The van der Waals surface area contributed by atoms with Crippen LogP contribution in [-0.4, -0.2) is 17.7 Å². The van der Waals surface area contributed by atoms with Gasteiger partial charge in [0.1, 0.15) is 5.00 Å². The predicted molar refractivity (Wildman–Crippen MR) is 96.8 cm³/mol. The Hall–Kier alpha value is -1.70. The van der Waals surface area contributed by atoms with Gasteiger partial charge in [0.2, 0.25) is 0 Å². The van der Waals surface area contributed by atoms with Crippen molar-refractivity contribution in [1.82, 2.24) is 0 Å². The van der Waals surface area contributed by atoms with Gasteiger partial charge >= 0.3 is 6.03 Å². The van der Waals surface area contributed by atoms with Gasteiger partial charge in [0.25, 0.3) is 5.91 Å². The molecule has 2 heterocycles. The summed E-state index contributed by atoms with van der Waals surface area (Å²) in [5, 5.41) is 6.46. The van der Waals surface area contributed by atoms with Crippen molar-refractivity contribution < 1.29 is 9.59 Å². The van der Waals surface area contributed by atoms with E-state index in [-0.39, 0.29) is 0 Å². The maximum atomic E-state index is 12.2. The van der Waals surface area contributed by atoms with Crippen LogP contribution in [0.15, 0.2) is 24.3 Å². The molecular formula is C15H14ClN3O2S2. The molecule has 0 bridgehead atoms. The molecule has 0 fully saturated rings. The Balaban J connectivity index is 1.81. The quantitative estimate of drug-likeness (QED) is 0.768. The number of hydrogen-bond donors (Lipinski definition) is 3. The molecule has 0 unspecified atom stereocenters. The summed E-state index contributed by atoms with van der Waals surface area (Å²) >= 11 is 9.11. The Labute approximate surface area is 146 Å². The average molecular weight is 368 g/mol. The number of halogens is 1. The van der Waals surface area contributed by atoms with Gasteiger partial charge in [-0.3, -0.25) is 10.1 Å². The molecule has 1 aliphatic rings. The molecule has 3 amide bonds. The molecule has 3 rings (SSSR count). The highest BCUT2D eigenvalue weighted by Crippen LogP contribution is 2.39. The smallest absolute Gasteiger partial charge is 0.324 e. The van der Waals surface area contributed by atoms with Crippen LogP contribution in [-0.2, 0) is 12.2 Å². The fraction of sp³-hybridized carbons (Fsp3) is 0.200. The summed E-state index contributed by atoms with van der Waals surface area (Å²) in [6.45, 7) is 0. The van der Waals surface area contributed by atoms with Gasteiger partial charge in [-0.1, -0.05) is 17.7 Å². The number of nitrogens with one attached hydrogen (secondary N) is 2. The number of carbonyl (C=O) groups excluding carboxylic acids is 2. The number of benzene rings is 1. The normalized spacial score (nSPS) is 13.3. The van der Waals surface area contributed by atoms with Gasteiger partial charge in [-0.25, -0.2) is 4.79 Å². The zero-order chi connectivity index (χ0) is 16.4. The molecule has 5 nitrogen and oxygen atoms in total. The fourth-order valence-electron chi connectivity index (χ4n) is 2.41. The Morgan fingerprint density at radius 2 is 2.09 bits per heavy atom. The van der Waals surface area contributed by atoms with Gasteiger partial charge in [0.15, 0.2) is 0 Å².